The number of hydrogen-bond acceptors (Lipinski definition) is 5. The second-order valence-corrected chi connectivity index (χ2v) is 7.86. The quantitative estimate of drug-likeness (QED) is 0.618. The van der Waals surface area contributed by atoms with Gasteiger partial charge in [0, 0.05) is 11.6 Å². The summed E-state index contributed by atoms with van der Waals surface area (Å²) in [5.74, 6) is 7.31. The largest absolute Gasteiger partial charge is 0.352 e. The van der Waals surface area contributed by atoms with Crippen LogP contribution in [-0.4, -0.2) is 32.6 Å². The van der Waals surface area contributed by atoms with Crippen molar-refractivity contribution in [2.75, 3.05) is 11.6 Å². The lowest BCUT2D eigenvalue weighted by Gasteiger charge is -2.34. The van der Waals surface area contributed by atoms with Crippen molar-refractivity contribution in [3.63, 3.8) is 0 Å². The Balaban J connectivity index is 1.59. The third kappa shape index (κ3) is 4.17. The molecule has 1 saturated carbocycles. The number of nitrogens with one attached hydrogen (secondary N) is 1. The minimum absolute atomic E-state index is 0.0312. The number of benzene rings is 1. The second kappa shape index (κ2) is 8.07. The van der Waals surface area contributed by atoms with Crippen LogP contribution in [0.3, 0.4) is 0 Å². The Hall–Kier alpha value is -2.09. The van der Waals surface area contributed by atoms with E-state index in [1.54, 1.807) is 12.1 Å². The summed E-state index contributed by atoms with van der Waals surface area (Å²) in [6.45, 7) is 4.44. The first-order valence-corrected chi connectivity index (χ1v) is 9.83. The van der Waals surface area contributed by atoms with Gasteiger partial charge in [0.05, 0.1) is 5.75 Å². The Kier molecular flexibility index (Phi) is 5.80. The molecule has 2 aromatic rings. The van der Waals surface area contributed by atoms with Crippen molar-refractivity contribution in [2.45, 2.75) is 44.3 Å². The predicted molar refractivity (Wildman–Crippen MR) is 100 cm³/mol. The number of nitrogens with two attached hydrogens (primary N) is 1. The first kappa shape index (κ1) is 18.7. The summed E-state index contributed by atoms with van der Waals surface area (Å²) >= 11 is 1.22. The molecular formula is C18H24FN5OS. The highest BCUT2D eigenvalue weighted by atomic mass is 32.2. The van der Waals surface area contributed by atoms with Crippen LogP contribution in [0.2, 0.25) is 0 Å². The third-order valence-corrected chi connectivity index (χ3v) is 6.08. The number of halogens is 1. The van der Waals surface area contributed by atoms with Crippen molar-refractivity contribution < 1.29 is 9.18 Å². The van der Waals surface area contributed by atoms with Crippen LogP contribution in [-0.2, 0) is 4.79 Å². The fourth-order valence-corrected chi connectivity index (χ4v) is 4.03. The summed E-state index contributed by atoms with van der Waals surface area (Å²) in [6.07, 6.45) is 3.40. The van der Waals surface area contributed by atoms with E-state index in [-0.39, 0.29) is 23.5 Å². The number of aromatic nitrogens is 3. The molecule has 1 aromatic carbocycles. The molecule has 1 amide bonds. The van der Waals surface area contributed by atoms with Crippen molar-refractivity contribution in [1.29, 1.82) is 0 Å². The Bertz CT molecular complexity index is 781. The van der Waals surface area contributed by atoms with Crippen molar-refractivity contribution in [2.24, 2.45) is 11.8 Å². The Labute approximate surface area is 156 Å². The molecule has 26 heavy (non-hydrogen) atoms. The third-order valence-electron chi connectivity index (χ3n) is 5.13. The van der Waals surface area contributed by atoms with Crippen LogP contribution in [0.4, 0.5) is 4.39 Å². The molecule has 3 rings (SSSR count). The molecule has 0 bridgehead atoms. The molecule has 1 fully saturated rings. The van der Waals surface area contributed by atoms with Gasteiger partial charge >= 0.3 is 0 Å². The van der Waals surface area contributed by atoms with Gasteiger partial charge in [-0.05, 0) is 30.4 Å². The maximum Gasteiger partial charge on any atom is 0.230 e. The van der Waals surface area contributed by atoms with Crippen LogP contribution >= 0.6 is 11.8 Å². The average molecular weight is 377 g/mol. The molecule has 0 saturated heterocycles. The summed E-state index contributed by atoms with van der Waals surface area (Å²) in [5, 5.41) is 11.6. The van der Waals surface area contributed by atoms with Gasteiger partial charge in [-0.2, -0.15) is 0 Å². The standard InChI is InChI=1S/C18H24FN5OS/c1-11-5-3-8-15(12(11)2)21-16(25)10-26-18-23-22-17(24(18)20)13-6-4-7-14(19)9-13/h4,6-7,9,11-12,15H,3,5,8,10,20H2,1-2H3,(H,21,25)/t11-,12-,15+/m1/s1. The van der Waals surface area contributed by atoms with E-state index in [1.165, 1.54) is 35.0 Å². The van der Waals surface area contributed by atoms with Crippen LogP contribution in [0.1, 0.15) is 33.1 Å². The van der Waals surface area contributed by atoms with E-state index in [0.717, 1.165) is 12.8 Å². The summed E-state index contributed by atoms with van der Waals surface area (Å²) in [7, 11) is 0. The molecule has 1 aliphatic rings. The van der Waals surface area contributed by atoms with Gasteiger partial charge in [0.2, 0.25) is 11.1 Å². The summed E-state index contributed by atoms with van der Waals surface area (Å²) in [4.78, 5) is 12.3. The fourth-order valence-electron chi connectivity index (χ4n) is 3.36. The molecule has 1 heterocycles. The maximum atomic E-state index is 13.4. The Morgan fingerprint density at radius 1 is 1.38 bits per heavy atom. The molecular weight excluding hydrogens is 353 g/mol. The summed E-state index contributed by atoms with van der Waals surface area (Å²) in [6, 6.07) is 6.23. The normalized spacial score (nSPS) is 23.0. The van der Waals surface area contributed by atoms with Gasteiger partial charge in [-0.1, -0.05) is 50.6 Å². The van der Waals surface area contributed by atoms with E-state index >= 15 is 0 Å². The number of hydrogen-bond donors (Lipinski definition) is 2. The van der Waals surface area contributed by atoms with E-state index in [1.807, 2.05) is 0 Å². The molecule has 0 unspecified atom stereocenters. The van der Waals surface area contributed by atoms with Crippen LogP contribution in [0.25, 0.3) is 11.4 Å². The van der Waals surface area contributed by atoms with E-state index in [4.69, 9.17) is 5.84 Å². The van der Waals surface area contributed by atoms with Gasteiger partial charge in [0.1, 0.15) is 5.82 Å². The van der Waals surface area contributed by atoms with Crippen molar-refractivity contribution >= 4 is 17.7 Å². The van der Waals surface area contributed by atoms with Gasteiger partial charge in [0.15, 0.2) is 5.82 Å². The number of thioether (sulfide) groups is 1. The number of nitrogen functional groups attached to an aromatic ring is 1. The molecule has 0 radical (unpaired) electrons. The monoisotopic (exact) mass is 377 g/mol. The SMILES string of the molecule is C[C@@H]1[C@H](C)CCC[C@@H]1NC(=O)CSc1nnc(-c2cccc(F)c2)n1N. The molecule has 3 atom stereocenters. The lowest BCUT2D eigenvalue weighted by molar-refractivity contribution is -0.120. The molecule has 8 heteroatoms. The minimum Gasteiger partial charge on any atom is -0.352 e. The first-order valence-electron chi connectivity index (χ1n) is 8.84. The number of carbonyl (C=O) groups excluding carboxylic acids is 1. The zero-order chi connectivity index (χ0) is 18.7. The second-order valence-electron chi connectivity index (χ2n) is 6.92. The van der Waals surface area contributed by atoms with E-state index in [2.05, 4.69) is 29.4 Å². The summed E-state index contributed by atoms with van der Waals surface area (Å²) in [5.41, 5.74) is 0.543. The molecule has 1 aromatic heterocycles. The maximum absolute atomic E-state index is 13.4. The first-order chi connectivity index (χ1) is 12.5. The lowest BCUT2D eigenvalue weighted by Crippen LogP contribution is -2.44. The Morgan fingerprint density at radius 3 is 2.96 bits per heavy atom. The number of nitrogens with zero attached hydrogens (tertiary/aromatic N) is 3. The van der Waals surface area contributed by atoms with Crippen LogP contribution in [0, 0.1) is 17.7 Å². The molecule has 1 aliphatic carbocycles. The van der Waals surface area contributed by atoms with Crippen LogP contribution in [0.5, 0.6) is 0 Å². The van der Waals surface area contributed by atoms with Gasteiger partial charge < -0.3 is 11.2 Å². The van der Waals surface area contributed by atoms with Gasteiger partial charge in [-0.3, -0.25) is 4.79 Å². The smallest absolute Gasteiger partial charge is 0.230 e. The average Bonchev–Trinajstić information content (AvgIpc) is 2.98. The topological polar surface area (TPSA) is 85.8 Å². The van der Waals surface area contributed by atoms with Crippen molar-refractivity contribution in [3.05, 3.63) is 30.1 Å². The molecule has 140 valence electrons. The van der Waals surface area contributed by atoms with Gasteiger partial charge in [0.25, 0.3) is 0 Å². The number of amides is 1. The van der Waals surface area contributed by atoms with Gasteiger partial charge in [-0.15, -0.1) is 10.2 Å². The Morgan fingerprint density at radius 2 is 2.19 bits per heavy atom. The van der Waals surface area contributed by atoms with E-state index < -0.39 is 0 Å². The van der Waals surface area contributed by atoms with Crippen molar-refractivity contribution in [3.8, 4) is 11.4 Å². The zero-order valence-electron chi connectivity index (χ0n) is 15.0. The number of carbonyl (C=O) groups is 1. The van der Waals surface area contributed by atoms with Gasteiger partial charge in [-0.25, -0.2) is 9.07 Å². The lowest BCUT2D eigenvalue weighted by atomic mass is 9.78. The van der Waals surface area contributed by atoms with Crippen LogP contribution < -0.4 is 11.2 Å². The summed E-state index contributed by atoms with van der Waals surface area (Å²) < 4.78 is 14.7. The minimum atomic E-state index is -0.366. The highest BCUT2D eigenvalue weighted by Gasteiger charge is 2.28. The highest BCUT2D eigenvalue weighted by molar-refractivity contribution is 7.99. The van der Waals surface area contributed by atoms with E-state index in [0.29, 0.717) is 28.4 Å². The highest BCUT2D eigenvalue weighted by Crippen LogP contribution is 2.29. The number of rotatable bonds is 5. The van der Waals surface area contributed by atoms with E-state index in [9.17, 15) is 9.18 Å². The fraction of sp³-hybridized carbons (Fsp3) is 0.500. The molecule has 0 spiro atoms. The zero-order valence-corrected chi connectivity index (χ0v) is 15.8. The molecule has 6 nitrogen and oxygen atoms in total. The van der Waals surface area contributed by atoms with Crippen molar-refractivity contribution in [1.82, 2.24) is 20.2 Å². The van der Waals surface area contributed by atoms with Crippen LogP contribution in [0.15, 0.2) is 29.4 Å². The predicted octanol–water partition coefficient (Wildman–Crippen LogP) is 2.83. The molecule has 0 aliphatic heterocycles. The molecule has 3 N–H and O–H groups in total.